The minimum absolute atomic E-state index is 0.486. The maximum absolute atomic E-state index is 6.86. The average Bonchev–Trinajstić information content (AvgIpc) is 1.21. The first kappa shape index (κ1) is 61.8. The van der Waals surface area contributed by atoms with Crippen molar-refractivity contribution in [2.24, 2.45) is 0 Å². The van der Waals surface area contributed by atoms with Gasteiger partial charge in [-0.25, -0.2) is 29.9 Å². The number of hydrogen-bond donors (Lipinski definition) is 0. The first-order valence-corrected chi connectivity index (χ1v) is 37.6. The molecule has 0 unspecified atom stereocenters. The molecule has 112 heavy (non-hydrogen) atoms. The van der Waals surface area contributed by atoms with Gasteiger partial charge in [0.1, 0.15) is 44.7 Å². The van der Waals surface area contributed by atoms with Crippen molar-refractivity contribution in [1.29, 1.82) is 0 Å². The minimum atomic E-state index is 0.486. The van der Waals surface area contributed by atoms with Crippen LogP contribution in [-0.4, -0.2) is 29.9 Å². The fraction of sp³-hybridized carbons (Fsp3) is 0. The van der Waals surface area contributed by atoms with E-state index in [0.717, 1.165) is 149 Å². The van der Waals surface area contributed by atoms with Gasteiger partial charge in [-0.05, 0) is 195 Å². The third-order valence-corrected chi connectivity index (χ3v) is 22.8. The van der Waals surface area contributed by atoms with E-state index in [9.17, 15) is 0 Å². The van der Waals surface area contributed by atoms with Crippen LogP contribution in [0.15, 0.2) is 357 Å². The molecule has 518 valence electrons. The standard InChI is InChI=1S/C102H56N6O4/c1-2-15-58(16-3-1)97-103-101(67-39-47-83-81-44-36-64(53-92(81)111-95(83)56-67)62-34-42-77-73-22-7-5-18-69(73)71-20-9-11-24-75(71)87(77)50-62)108-102(107-97)85-27-14-26-84-88-51-60(40-48-90(88)112-96(84)85)57-29-31-59(32-30-57)98-104-99(65-37-45-79-78-25-12-13-28-89(78)109-93(79)54-65)106-100(105-98)66-38-46-82-80-43-35-63(52-91(80)110-94(82)55-66)61-33-41-76-72-21-6-4-17-68(72)70-19-8-10-23-74(70)86(76)49-61/h1-56H. The second kappa shape index (κ2) is 24.1. The molecule has 10 heteroatoms. The van der Waals surface area contributed by atoms with Gasteiger partial charge < -0.3 is 17.7 Å². The lowest BCUT2D eigenvalue weighted by molar-refractivity contribution is 0.668. The number of rotatable bonds is 9. The molecule has 0 saturated carbocycles. The zero-order valence-electron chi connectivity index (χ0n) is 59.6. The maximum atomic E-state index is 6.86. The molecular weight excluding hydrogens is 1370 g/mol. The Labute approximate surface area is 637 Å². The Morgan fingerprint density at radius 1 is 0.134 bits per heavy atom. The topological polar surface area (TPSA) is 130 Å². The monoisotopic (exact) mass is 1430 g/mol. The number of benzene rings is 18. The first-order valence-electron chi connectivity index (χ1n) is 37.6. The van der Waals surface area contributed by atoms with Gasteiger partial charge in [0.05, 0.1) is 5.56 Å². The van der Waals surface area contributed by atoms with Crippen molar-refractivity contribution in [2.75, 3.05) is 0 Å². The largest absolute Gasteiger partial charge is 0.456 e. The minimum Gasteiger partial charge on any atom is -0.456 e. The Morgan fingerprint density at radius 3 is 0.857 bits per heavy atom. The molecule has 24 rings (SSSR count). The zero-order valence-corrected chi connectivity index (χ0v) is 59.6. The Bertz CT molecular complexity index is 8080. The van der Waals surface area contributed by atoms with Gasteiger partial charge >= 0.3 is 0 Å². The predicted molar refractivity (Wildman–Crippen MR) is 456 cm³/mol. The molecule has 18 aromatic carbocycles. The molecule has 0 N–H and O–H groups in total. The molecule has 0 amide bonds. The molecule has 0 aliphatic heterocycles. The van der Waals surface area contributed by atoms with Crippen molar-refractivity contribution in [3.8, 4) is 102 Å². The van der Waals surface area contributed by atoms with Gasteiger partial charge in [0.15, 0.2) is 34.9 Å². The third kappa shape index (κ3) is 9.78. The Hall–Kier alpha value is -15.3. The summed E-state index contributed by atoms with van der Waals surface area (Å²) >= 11 is 0. The van der Waals surface area contributed by atoms with E-state index in [1.54, 1.807) is 0 Å². The highest BCUT2D eigenvalue weighted by Crippen LogP contribution is 2.45. The van der Waals surface area contributed by atoms with Crippen LogP contribution >= 0.6 is 0 Å². The lowest BCUT2D eigenvalue weighted by Crippen LogP contribution is -2.00. The summed E-state index contributed by atoms with van der Waals surface area (Å²) in [7, 11) is 0. The van der Waals surface area contributed by atoms with E-state index in [-0.39, 0.29) is 0 Å². The summed E-state index contributed by atoms with van der Waals surface area (Å²) in [4.78, 5) is 31.3. The van der Waals surface area contributed by atoms with E-state index in [1.807, 2.05) is 84.9 Å². The van der Waals surface area contributed by atoms with E-state index in [0.29, 0.717) is 40.5 Å². The van der Waals surface area contributed by atoms with Crippen molar-refractivity contribution in [3.63, 3.8) is 0 Å². The summed E-state index contributed by atoms with van der Waals surface area (Å²) in [6, 6.07) is 119. The molecule has 0 aliphatic carbocycles. The predicted octanol–water partition coefficient (Wildman–Crippen LogP) is 27.6. The van der Waals surface area contributed by atoms with Gasteiger partial charge in [-0.1, -0.05) is 243 Å². The molecule has 0 spiro atoms. The SMILES string of the molecule is c1ccc(-c2nc(-c3ccc4c(c3)oc3cc(-c5ccc6c7ccccc7c7ccccc7c6c5)ccc34)nc(-c3cccc4c3oc3ccc(-c5ccc(-c6nc(-c7ccc8c(c7)oc7ccccc78)nc(-c7ccc8c(c7)oc7cc(-c9ccc%10c%11ccccc%11c%11ccccc%11c%10c9)ccc78)n6)cc5)cc34)n2)cc1. The normalized spacial score (nSPS) is 12.1. The lowest BCUT2D eigenvalue weighted by Gasteiger charge is -2.12. The number of furan rings is 4. The van der Waals surface area contributed by atoms with Gasteiger partial charge in [-0.15, -0.1) is 0 Å². The molecule has 0 aliphatic rings. The Balaban J connectivity index is 0.562. The molecule has 0 radical (unpaired) electrons. The van der Waals surface area contributed by atoms with Gasteiger partial charge in [-0.3, -0.25) is 0 Å². The quantitative estimate of drug-likeness (QED) is 0.129. The summed E-state index contributed by atoms with van der Waals surface area (Å²) in [6.45, 7) is 0. The number of aromatic nitrogens is 6. The highest BCUT2D eigenvalue weighted by Gasteiger charge is 2.23. The van der Waals surface area contributed by atoms with Gasteiger partial charge in [0, 0.05) is 70.9 Å². The number of para-hydroxylation sites is 2. The van der Waals surface area contributed by atoms with Crippen molar-refractivity contribution in [3.05, 3.63) is 340 Å². The lowest BCUT2D eigenvalue weighted by atomic mass is 9.92. The van der Waals surface area contributed by atoms with Gasteiger partial charge in [0.2, 0.25) is 0 Å². The third-order valence-electron chi connectivity index (χ3n) is 22.8. The average molecular weight is 1430 g/mol. The van der Waals surface area contributed by atoms with Crippen molar-refractivity contribution < 1.29 is 17.7 Å². The van der Waals surface area contributed by atoms with Crippen molar-refractivity contribution in [2.45, 2.75) is 0 Å². The summed E-state index contributed by atoms with van der Waals surface area (Å²) in [5.41, 5.74) is 17.3. The van der Waals surface area contributed by atoms with Crippen LogP contribution in [0, 0.1) is 0 Å². The second-order valence-corrected chi connectivity index (χ2v) is 29.1. The van der Waals surface area contributed by atoms with Crippen molar-refractivity contribution in [1.82, 2.24) is 29.9 Å². The molecule has 10 nitrogen and oxygen atoms in total. The maximum Gasteiger partial charge on any atom is 0.167 e. The van der Waals surface area contributed by atoms with Crippen LogP contribution in [0.5, 0.6) is 0 Å². The smallest absolute Gasteiger partial charge is 0.167 e. The number of nitrogens with zero attached hydrogens (tertiary/aromatic N) is 6. The summed E-state index contributed by atoms with van der Waals surface area (Å²) in [5, 5.41) is 23.0. The number of hydrogen-bond acceptors (Lipinski definition) is 10. The van der Waals surface area contributed by atoms with Crippen LogP contribution in [0.25, 0.3) is 254 Å². The van der Waals surface area contributed by atoms with Gasteiger partial charge in [-0.2, -0.15) is 0 Å². The van der Waals surface area contributed by atoms with Crippen LogP contribution in [0.2, 0.25) is 0 Å². The summed E-state index contributed by atoms with van der Waals surface area (Å²) in [5.74, 6) is 3.08. The molecule has 0 atom stereocenters. The van der Waals surface area contributed by atoms with Crippen LogP contribution in [0.1, 0.15) is 0 Å². The molecule has 0 bridgehead atoms. The van der Waals surface area contributed by atoms with Crippen LogP contribution in [0.3, 0.4) is 0 Å². The van der Waals surface area contributed by atoms with E-state index >= 15 is 0 Å². The zero-order chi connectivity index (χ0) is 73.2. The van der Waals surface area contributed by atoms with Crippen molar-refractivity contribution >= 4 is 152 Å². The van der Waals surface area contributed by atoms with Gasteiger partial charge in [0.25, 0.3) is 0 Å². The summed E-state index contributed by atoms with van der Waals surface area (Å²) in [6.07, 6.45) is 0. The molecule has 6 aromatic heterocycles. The first-order chi connectivity index (χ1) is 55.4. The van der Waals surface area contributed by atoms with E-state index in [2.05, 4.69) is 255 Å². The molecule has 0 fully saturated rings. The van der Waals surface area contributed by atoms with E-state index < -0.39 is 0 Å². The van der Waals surface area contributed by atoms with Crippen LogP contribution in [0.4, 0.5) is 0 Å². The molecule has 6 heterocycles. The van der Waals surface area contributed by atoms with Crippen LogP contribution in [-0.2, 0) is 0 Å². The highest BCUT2D eigenvalue weighted by atomic mass is 16.3. The second-order valence-electron chi connectivity index (χ2n) is 29.1. The van der Waals surface area contributed by atoms with E-state index in [1.165, 1.54) is 64.6 Å². The fourth-order valence-corrected chi connectivity index (χ4v) is 17.3. The molecular formula is C102H56N6O4. The summed E-state index contributed by atoms with van der Waals surface area (Å²) < 4.78 is 26.9. The molecule has 24 aromatic rings. The fourth-order valence-electron chi connectivity index (χ4n) is 17.3. The Kier molecular flexibility index (Phi) is 13.3. The molecule has 0 saturated heterocycles. The van der Waals surface area contributed by atoms with Crippen LogP contribution < -0.4 is 0 Å². The van der Waals surface area contributed by atoms with E-state index in [4.69, 9.17) is 47.6 Å². The highest BCUT2D eigenvalue weighted by molar-refractivity contribution is 6.27. The number of fused-ring (bicyclic) bond motifs is 24. The Morgan fingerprint density at radius 2 is 0.402 bits per heavy atom.